The second-order valence-electron chi connectivity index (χ2n) is 15.6. The summed E-state index contributed by atoms with van der Waals surface area (Å²) < 4.78 is 2.58. The topological polar surface area (TPSA) is 4.93 Å². The van der Waals surface area contributed by atoms with Crippen molar-refractivity contribution in [2.45, 2.75) is 12.8 Å². The molecule has 0 radical (unpaired) electrons. The first-order chi connectivity index (χ1) is 28.3. The summed E-state index contributed by atoms with van der Waals surface area (Å²) in [6, 6.07) is 69.7. The first kappa shape index (κ1) is 32.1. The molecule has 0 saturated carbocycles. The molecule has 57 heavy (non-hydrogen) atoms. The van der Waals surface area contributed by atoms with Gasteiger partial charge in [0.1, 0.15) is 0 Å². The van der Waals surface area contributed by atoms with Crippen molar-refractivity contribution in [1.82, 2.24) is 4.57 Å². The fraction of sp³-hybridized carbons (Fsp3) is 0.0357. The lowest BCUT2D eigenvalue weighted by Gasteiger charge is -2.20. The summed E-state index contributed by atoms with van der Waals surface area (Å²) in [5.41, 5.74) is 11.6. The summed E-state index contributed by atoms with van der Waals surface area (Å²) in [4.78, 5) is 0. The molecule has 1 heterocycles. The number of hydrogen-bond donors (Lipinski definition) is 0. The maximum Gasteiger partial charge on any atom is 0.0622 e. The van der Waals surface area contributed by atoms with Crippen LogP contribution >= 0.6 is 0 Å². The molecule has 0 amide bonds. The van der Waals surface area contributed by atoms with Crippen LogP contribution in [0.4, 0.5) is 0 Å². The minimum Gasteiger partial charge on any atom is -0.312 e. The van der Waals surface area contributed by atoms with Gasteiger partial charge in [-0.05, 0) is 120 Å². The second-order valence-corrected chi connectivity index (χ2v) is 15.6. The monoisotopic (exact) mass is 723 g/mol. The summed E-state index contributed by atoms with van der Waals surface area (Å²) >= 11 is 0. The quantitative estimate of drug-likeness (QED) is 0.159. The Hall–Kier alpha value is -7.22. The van der Waals surface area contributed by atoms with Crippen molar-refractivity contribution in [3.05, 3.63) is 206 Å². The number of benzene rings is 10. The zero-order valence-corrected chi connectivity index (χ0v) is 31.4. The van der Waals surface area contributed by atoms with Gasteiger partial charge in [0.05, 0.1) is 11.0 Å². The number of rotatable bonds is 4. The Kier molecular flexibility index (Phi) is 7.12. The minimum absolute atomic E-state index is 0.966. The summed E-state index contributed by atoms with van der Waals surface area (Å²) in [7, 11) is 0. The molecule has 12 rings (SSSR count). The number of aromatic nitrogens is 1. The molecule has 10 aromatic carbocycles. The van der Waals surface area contributed by atoms with E-state index in [1.165, 1.54) is 115 Å². The molecule has 0 N–H and O–H groups in total. The predicted molar refractivity (Wildman–Crippen MR) is 246 cm³/mol. The molecule has 0 atom stereocenters. The largest absolute Gasteiger partial charge is 0.312 e. The molecule has 0 spiro atoms. The van der Waals surface area contributed by atoms with Gasteiger partial charge in [-0.2, -0.15) is 0 Å². The number of nitrogens with zero attached hydrogens (tertiary/aromatic N) is 1. The van der Waals surface area contributed by atoms with E-state index in [1.807, 2.05) is 0 Å². The highest BCUT2D eigenvalue weighted by molar-refractivity contribution is 6.38. The summed E-state index contributed by atoms with van der Waals surface area (Å²) in [5.74, 6) is 0. The maximum atomic E-state index is 2.58. The van der Waals surface area contributed by atoms with E-state index >= 15 is 0 Å². The lowest BCUT2D eigenvalue weighted by molar-refractivity contribution is 0.994. The van der Waals surface area contributed by atoms with Crippen molar-refractivity contribution in [3.63, 3.8) is 0 Å². The summed E-state index contributed by atoms with van der Waals surface area (Å²) in [5, 5.41) is 15.5. The number of allylic oxidation sites excluding steroid dienone is 4. The molecular formula is C56H37N. The maximum absolute atomic E-state index is 2.58. The van der Waals surface area contributed by atoms with Crippen molar-refractivity contribution in [3.8, 4) is 22.3 Å². The molecule has 0 aliphatic heterocycles. The molecule has 1 aliphatic carbocycles. The van der Waals surface area contributed by atoms with E-state index in [1.54, 1.807) is 0 Å². The third kappa shape index (κ3) is 5.02. The Balaban J connectivity index is 1.07. The highest BCUT2D eigenvalue weighted by atomic mass is 15.0. The number of fused-ring (bicyclic) bond motifs is 12. The Morgan fingerprint density at radius 1 is 0.333 bits per heavy atom. The Morgan fingerprint density at radius 2 is 0.895 bits per heavy atom. The van der Waals surface area contributed by atoms with Gasteiger partial charge in [-0.15, -0.1) is 0 Å². The van der Waals surface area contributed by atoms with Gasteiger partial charge in [0.2, 0.25) is 0 Å². The fourth-order valence-electron chi connectivity index (χ4n) is 9.72. The van der Waals surface area contributed by atoms with Gasteiger partial charge in [0, 0.05) is 27.2 Å². The minimum atomic E-state index is 0.966. The van der Waals surface area contributed by atoms with Gasteiger partial charge in [0.15, 0.2) is 0 Å². The smallest absolute Gasteiger partial charge is 0.0622 e. The fourth-order valence-corrected chi connectivity index (χ4v) is 9.72. The van der Waals surface area contributed by atoms with Crippen LogP contribution < -0.4 is 0 Å². The van der Waals surface area contributed by atoms with Gasteiger partial charge in [-0.25, -0.2) is 0 Å². The lowest BCUT2D eigenvalue weighted by atomic mass is 9.88. The van der Waals surface area contributed by atoms with Crippen molar-refractivity contribution >= 4 is 86.9 Å². The number of para-hydroxylation sites is 1. The van der Waals surface area contributed by atoms with Crippen LogP contribution in [-0.2, 0) is 0 Å². The van der Waals surface area contributed by atoms with Gasteiger partial charge in [-0.3, -0.25) is 0 Å². The SMILES string of the molecule is C1=C(c2ccc3ccccc3c2)CCC(n2c3ccccc3c3c4c5ccccc5c(-c5ccc(-c6ccc7ccccc7c6)cc5)cc4c4ccccc4c32)=C1. The van der Waals surface area contributed by atoms with Crippen LogP contribution in [0.2, 0.25) is 0 Å². The predicted octanol–water partition coefficient (Wildman–Crippen LogP) is 15.6. The average molecular weight is 724 g/mol. The molecule has 1 aliphatic rings. The van der Waals surface area contributed by atoms with Crippen LogP contribution in [0.25, 0.3) is 109 Å². The Bertz CT molecular complexity index is 3500. The van der Waals surface area contributed by atoms with Gasteiger partial charge in [-0.1, -0.05) is 170 Å². The van der Waals surface area contributed by atoms with Crippen LogP contribution in [0.1, 0.15) is 18.4 Å². The summed E-state index contributed by atoms with van der Waals surface area (Å²) in [6.45, 7) is 0. The van der Waals surface area contributed by atoms with Crippen LogP contribution in [0.15, 0.2) is 200 Å². The second kappa shape index (κ2) is 12.7. The summed E-state index contributed by atoms with van der Waals surface area (Å²) in [6.07, 6.45) is 6.70. The molecule has 0 saturated heterocycles. The zero-order chi connectivity index (χ0) is 37.5. The average Bonchev–Trinajstić information content (AvgIpc) is 3.64. The van der Waals surface area contributed by atoms with E-state index in [0.717, 1.165) is 12.8 Å². The van der Waals surface area contributed by atoms with E-state index in [2.05, 4.69) is 205 Å². The zero-order valence-electron chi connectivity index (χ0n) is 31.4. The third-order valence-corrected chi connectivity index (χ3v) is 12.5. The molecular weight excluding hydrogens is 687 g/mol. The highest BCUT2D eigenvalue weighted by Crippen LogP contribution is 2.48. The van der Waals surface area contributed by atoms with E-state index in [-0.39, 0.29) is 0 Å². The molecule has 1 nitrogen and oxygen atoms in total. The molecule has 266 valence electrons. The van der Waals surface area contributed by atoms with Gasteiger partial charge in [0.25, 0.3) is 0 Å². The van der Waals surface area contributed by atoms with Crippen molar-refractivity contribution < 1.29 is 0 Å². The van der Waals surface area contributed by atoms with E-state index in [0.29, 0.717) is 0 Å². The van der Waals surface area contributed by atoms with E-state index < -0.39 is 0 Å². The van der Waals surface area contributed by atoms with Crippen molar-refractivity contribution in [2.75, 3.05) is 0 Å². The highest BCUT2D eigenvalue weighted by Gasteiger charge is 2.23. The standard InChI is InChI=1S/C56H37N/c1-3-13-41-33-43(27-23-36(41)11-1)38-21-25-40(26-22-38)51-35-52-47-16-6-8-18-49(47)56-55(54(52)48-17-7-5-15-46(48)51)50-19-9-10-20-53(50)57(56)45-31-29-39(30-32-45)44-28-24-37-12-2-4-14-42(37)34-44/h1-29,31,33-35H,30,32H2. The Labute approximate surface area is 331 Å². The number of hydrogen-bond acceptors (Lipinski definition) is 0. The van der Waals surface area contributed by atoms with Crippen LogP contribution in [0.3, 0.4) is 0 Å². The van der Waals surface area contributed by atoms with Crippen LogP contribution in [0.5, 0.6) is 0 Å². The molecule has 0 fully saturated rings. The van der Waals surface area contributed by atoms with Crippen LogP contribution in [-0.4, -0.2) is 4.57 Å². The molecule has 0 bridgehead atoms. The van der Waals surface area contributed by atoms with Crippen molar-refractivity contribution in [1.29, 1.82) is 0 Å². The van der Waals surface area contributed by atoms with Gasteiger partial charge < -0.3 is 4.57 Å². The van der Waals surface area contributed by atoms with Crippen molar-refractivity contribution in [2.24, 2.45) is 0 Å². The molecule has 1 aromatic heterocycles. The molecule has 0 unspecified atom stereocenters. The Morgan fingerprint density at radius 3 is 1.61 bits per heavy atom. The van der Waals surface area contributed by atoms with E-state index in [9.17, 15) is 0 Å². The molecule has 1 heteroatoms. The van der Waals surface area contributed by atoms with E-state index in [4.69, 9.17) is 0 Å². The normalized spacial score (nSPS) is 13.3. The first-order valence-corrected chi connectivity index (χ1v) is 20.1. The van der Waals surface area contributed by atoms with Crippen LogP contribution in [0, 0.1) is 0 Å². The first-order valence-electron chi connectivity index (χ1n) is 20.1. The van der Waals surface area contributed by atoms with Gasteiger partial charge >= 0.3 is 0 Å². The lowest BCUT2D eigenvalue weighted by Crippen LogP contribution is -2.02. The molecule has 11 aromatic rings. The third-order valence-electron chi connectivity index (χ3n) is 12.5.